The molecule has 1 aliphatic heterocycles. The van der Waals surface area contributed by atoms with E-state index in [1.165, 1.54) is 11.1 Å². The first kappa shape index (κ1) is 15.8. The number of nitrogens with zero attached hydrogens (tertiary/aromatic N) is 2. The molecule has 0 radical (unpaired) electrons. The number of ether oxygens (including phenoxy) is 1. The Morgan fingerprint density at radius 2 is 1.96 bits per heavy atom. The average Bonchev–Trinajstić information content (AvgIpc) is 3.10. The number of anilines is 1. The largest absolute Gasteiger partial charge is 0.494 e. The van der Waals surface area contributed by atoms with Crippen molar-refractivity contribution in [1.82, 2.24) is 4.57 Å². The van der Waals surface area contributed by atoms with E-state index in [0.717, 1.165) is 34.5 Å². The lowest BCUT2D eigenvalue weighted by Gasteiger charge is -2.16. The third-order valence-electron chi connectivity index (χ3n) is 4.94. The molecule has 4 heteroatoms. The Hall–Kier alpha value is -2.75. The van der Waals surface area contributed by atoms with Gasteiger partial charge in [-0.05, 0) is 54.6 Å². The predicted molar refractivity (Wildman–Crippen MR) is 100 cm³/mol. The van der Waals surface area contributed by atoms with Crippen molar-refractivity contribution >= 4 is 22.5 Å². The number of amides is 1. The standard InChI is InChI=1S/C21H22N2O2/c1-4-9-25-18-8-6-16-13-23(21(24)19(16)12-18)17-7-5-15-10-14(2)22(3)20(15)11-17/h5-8,10-12H,4,9,13H2,1-3H3. The van der Waals surface area contributed by atoms with Crippen molar-refractivity contribution in [2.45, 2.75) is 26.8 Å². The van der Waals surface area contributed by atoms with Crippen molar-refractivity contribution < 1.29 is 9.53 Å². The van der Waals surface area contributed by atoms with Gasteiger partial charge in [0.2, 0.25) is 0 Å². The molecule has 1 aliphatic rings. The number of hydrogen-bond donors (Lipinski definition) is 0. The highest BCUT2D eigenvalue weighted by molar-refractivity contribution is 6.10. The zero-order valence-electron chi connectivity index (χ0n) is 14.9. The summed E-state index contributed by atoms with van der Waals surface area (Å²) in [5, 5.41) is 1.20. The van der Waals surface area contributed by atoms with Crippen LogP contribution in [-0.4, -0.2) is 17.1 Å². The molecular formula is C21H22N2O2. The maximum absolute atomic E-state index is 12.9. The van der Waals surface area contributed by atoms with E-state index >= 15 is 0 Å². The number of aryl methyl sites for hydroxylation is 2. The highest BCUT2D eigenvalue weighted by Gasteiger charge is 2.29. The molecule has 0 atom stereocenters. The number of carbonyl (C=O) groups excluding carboxylic acids is 1. The van der Waals surface area contributed by atoms with Crippen LogP contribution in [0.4, 0.5) is 5.69 Å². The maximum atomic E-state index is 12.9. The Kier molecular flexibility index (Phi) is 3.75. The van der Waals surface area contributed by atoms with Gasteiger partial charge in [0.25, 0.3) is 5.91 Å². The van der Waals surface area contributed by atoms with Gasteiger partial charge in [0.1, 0.15) is 5.75 Å². The summed E-state index contributed by atoms with van der Waals surface area (Å²) in [5.74, 6) is 0.812. The van der Waals surface area contributed by atoms with Crippen LogP contribution in [0.5, 0.6) is 5.75 Å². The van der Waals surface area contributed by atoms with E-state index in [-0.39, 0.29) is 5.91 Å². The van der Waals surface area contributed by atoms with Gasteiger partial charge in [-0.25, -0.2) is 0 Å². The summed E-state index contributed by atoms with van der Waals surface area (Å²) in [6.07, 6.45) is 0.952. The lowest BCUT2D eigenvalue weighted by Crippen LogP contribution is -2.22. The molecule has 0 spiro atoms. The summed E-state index contributed by atoms with van der Waals surface area (Å²) in [6.45, 7) is 5.44. The summed E-state index contributed by atoms with van der Waals surface area (Å²) in [7, 11) is 2.05. The Balaban J connectivity index is 1.68. The summed E-state index contributed by atoms with van der Waals surface area (Å²) in [6, 6.07) is 14.2. The molecule has 0 N–H and O–H groups in total. The second-order valence-electron chi connectivity index (χ2n) is 6.65. The Morgan fingerprint density at radius 1 is 1.12 bits per heavy atom. The molecule has 4 rings (SSSR count). The number of hydrogen-bond acceptors (Lipinski definition) is 2. The molecule has 0 bridgehead atoms. The van der Waals surface area contributed by atoms with Crippen LogP contribution in [0.1, 0.15) is 35.0 Å². The van der Waals surface area contributed by atoms with Crippen LogP contribution in [0, 0.1) is 6.92 Å². The minimum Gasteiger partial charge on any atom is -0.494 e. The normalized spacial score (nSPS) is 13.6. The lowest BCUT2D eigenvalue weighted by molar-refractivity contribution is 0.0996. The summed E-state index contributed by atoms with van der Waals surface area (Å²) >= 11 is 0. The fourth-order valence-corrected chi connectivity index (χ4v) is 3.42. The van der Waals surface area contributed by atoms with E-state index in [9.17, 15) is 4.79 Å². The molecule has 0 saturated heterocycles. The fraction of sp³-hybridized carbons (Fsp3) is 0.286. The van der Waals surface area contributed by atoms with Crippen LogP contribution in [0.15, 0.2) is 42.5 Å². The summed E-state index contributed by atoms with van der Waals surface area (Å²) in [4.78, 5) is 14.8. The molecule has 1 aromatic heterocycles. The van der Waals surface area contributed by atoms with Crippen LogP contribution >= 0.6 is 0 Å². The molecule has 0 fully saturated rings. The molecule has 0 unspecified atom stereocenters. The van der Waals surface area contributed by atoms with Gasteiger partial charge in [-0.15, -0.1) is 0 Å². The first-order valence-electron chi connectivity index (χ1n) is 8.72. The zero-order valence-corrected chi connectivity index (χ0v) is 14.9. The van der Waals surface area contributed by atoms with Gasteiger partial charge in [-0.3, -0.25) is 4.79 Å². The van der Waals surface area contributed by atoms with Crippen molar-refractivity contribution in [1.29, 1.82) is 0 Å². The van der Waals surface area contributed by atoms with E-state index in [0.29, 0.717) is 13.2 Å². The Bertz CT molecular complexity index is 971. The summed E-state index contributed by atoms with van der Waals surface area (Å²) in [5.41, 5.74) is 5.09. The Morgan fingerprint density at radius 3 is 2.76 bits per heavy atom. The van der Waals surface area contributed by atoms with Crippen molar-refractivity contribution in [2.75, 3.05) is 11.5 Å². The average molecular weight is 334 g/mol. The number of rotatable bonds is 4. The van der Waals surface area contributed by atoms with Crippen molar-refractivity contribution in [3.05, 3.63) is 59.3 Å². The van der Waals surface area contributed by atoms with Crippen LogP contribution in [-0.2, 0) is 13.6 Å². The first-order chi connectivity index (χ1) is 12.1. The molecule has 4 nitrogen and oxygen atoms in total. The Labute approximate surface area is 147 Å². The second-order valence-corrected chi connectivity index (χ2v) is 6.65. The third kappa shape index (κ3) is 2.58. The molecule has 0 aliphatic carbocycles. The van der Waals surface area contributed by atoms with Crippen LogP contribution in [0.25, 0.3) is 10.9 Å². The highest BCUT2D eigenvalue weighted by atomic mass is 16.5. The molecular weight excluding hydrogens is 312 g/mol. The highest BCUT2D eigenvalue weighted by Crippen LogP contribution is 2.32. The molecule has 1 amide bonds. The van der Waals surface area contributed by atoms with Gasteiger partial charge in [0.05, 0.1) is 18.7 Å². The van der Waals surface area contributed by atoms with Crippen LogP contribution in [0.2, 0.25) is 0 Å². The van der Waals surface area contributed by atoms with E-state index in [2.05, 4.69) is 43.7 Å². The molecule has 2 heterocycles. The number of aromatic nitrogens is 1. The SMILES string of the molecule is CCCOc1ccc2c(c1)C(=O)N(c1ccc3cc(C)n(C)c3c1)C2. The van der Waals surface area contributed by atoms with E-state index in [1.54, 1.807) is 0 Å². The van der Waals surface area contributed by atoms with E-state index in [4.69, 9.17) is 4.74 Å². The van der Waals surface area contributed by atoms with E-state index < -0.39 is 0 Å². The van der Waals surface area contributed by atoms with Crippen LogP contribution < -0.4 is 9.64 Å². The first-order valence-corrected chi connectivity index (χ1v) is 8.72. The molecule has 0 saturated carbocycles. The monoisotopic (exact) mass is 334 g/mol. The van der Waals surface area contributed by atoms with Gasteiger partial charge in [0, 0.05) is 24.0 Å². The second kappa shape index (κ2) is 5.96. The smallest absolute Gasteiger partial charge is 0.259 e. The van der Waals surface area contributed by atoms with Gasteiger partial charge in [-0.2, -0.15) is 0 Å². The molecule has 2 aromatic carbocycles. The van der Waals surface area contributed by atoms with Gasteiger partial charge in [0.15, 0.2) is 0 Å². The minimum absolute atomic E-state index is 0.0437. The minimum atomic E-state index is 0.0437. The number of carbonyl (C=O) groups is 1. The molecule has 25 heavy (non-hydrogen) atoms. The van der Waals surface area contributed by atoms with Gasteiger partial charge >= 0.3 is 0 Å². The van der Waals surface area contributed by atoms with Gasteiger partial charge in [-0.1, -0.05) is 19.1 Å². The maximum Gasteiger partial charge on any atom is 0.259 e. The number of fused-ring (bicyclic) bond motifs is 2. The molecule has 128 valence electrons. The molecule has 3 aromatic rings. The zero-order chi connectivity index (χ0) is 17.6. The quantitative estimate of drug-likeness (QED) is 0.707. The summed E-state index contributed by atoms with van der Waals surface area (Å²) < 4.78 is 7.83. The predicted octanol–water partition coefficient (Wildman–Crippen LogP) is 4.44. The third-order valence-corrected chi connectivity index (χ3v) is 4.94. The van der Waals surface area contributed by atoms with E-state index in [1.807, 2.05) is 29.2 Å². The number of benzene rings is 2. The lowest BCUT2D eigenvalue weighted by atomic mass is 10.1. The topological polar surface area (TPSA) is 34.5 Å². The van der Waals surface area contributed by atoms with Gasteiger partial charge < -0.3 is 14.2 Å². The van der Waals surface area contributed by atoms with Crippen molar-refractivity contribution in [3.8, 4) is 5.75 Å². The van der Waals surface area contributed by atoms with Crippen molar-refractivity contribution in [3.63, 3.8) is 0 Å². The fourth-order valence-electron chi connectivity index (χ4n) is 3.42. The van der Waals surface area contributed by atoms with Crippen molar-refractivity contribution in [2.24, 2.45) is 7.05 Å². The van der Waals surface area contributed by atoms with Crippen LogP contribution in [0.3, 0.4) is 0 Å².